The van der Waals surface area contributed by atoms with E-state index >= 15 is 0 Å². The van der Waals surface area contributed by atoms with Crippen LogP contribution < -0.4 is 0 Å². The van der Waals surface area contributed by atoms with E-state index in [0.29, 0.717) is 5.89 Å². The monoisotopic (exact) mass is 392 g/mol. The molecule has 0 unspecified atom stereocenters. The molecule has 29 heavy (non-hydrogen) atoms. The molecule has 2 fully saturated rings. The summed E-state index contributed by atoms with van der Waals surface area (Å²) in [5, 5.41) is 8.84. The van der Waals surface area contributed by atoms with Gasteiger partial charge in [0.2, 0.25) is 0 Å². The molecule has 1 saturated carbocycles. The van der Waals surface area contributed by atoms with E-state index in [0.717, 1.165) is 49.8 Å². The highest BCUT2D eigenvalue weighted by molar-refractivity contribution is 5.50. The molecule has 0 atom stereocenters. The van der Waals surface area contributed by atoms with Gasteiger partial charge in [-0.15, -0.1) is 0 Å². The highest BCUT2D eigenvalue weighted by atomic mass is 16.5. The summed E-state index contributed by atoms with van der Waals surface area (Å²) in [6.45, 7) is 5.21. The molecule has 0 amide bonds. The fourth-order valence-electron chi connectivity index (χ4n) is 4.52. The summed E-state index contributed by atoms with van der Waals surface area (Å²) in [7, 11) is 2.01. The molecule has 2 aliphatic rings. The number of hydrogen-bond acceptors (Lipinski definition) is 6. The zero-order valence-electron chi connectivity index (χ0n) is 17.2. The molecule has 0 bridgehead atoms. The molecule has 1 aliphatic carbocycles. The van der Waals surface area contributed by atoms with Crippen LogP contribution in [-0.4, -0.2) is 42.9 Å². The third kappa shape index (κ3) is 3.71. The number of pyridine rings is 1. The Morgan fingerprint density at radius 1 is 1.21 bits per heavy atom. The first-order valence-electron chi connectivity index (χ1n) is 10.6. The Balaban J connectivity index is 1.33. The molecule has 7 nitrogen and oxygen atoms in total. The Kier molecular flexibility index (Phi) is 4.70. The van der Waals surface area contributed by atoms with Gasteiger partial charge >= 0.3 is 0 Å². The molecule has 0 aromatic carbocycles. The molecule has 4 heterocycles. The lowest BCUT2D eigenvalue weighted by Gasteiger charge is -2.40. The van der Waals surface area contributed by atoms with Crippen LogP contribution in [-0.2, 0) is 19.0 Å². The number of aryl methyl sites for hydroxylation is 1. The van der Waals surface area contributed by atoms with E-state index in [1.165, 1.54) is 30.5 Å². The van der Waals surface area contributed by atoms with Crippen molar-refractivity contribution in [3.63, 3.8) is 0 Å². The summed E-state index contributed by atoms with van der Waals surface area (Å²) in [5.74, 6) is 2.29. The Morgan fingerprint density at radius 3 is 2.69 bits per heavy atom. The third-order valence-electron chi connectivity index (χ3n) is 6.73. The van der Waals surface area contributed by atoms with Crippen LogP contribution in [0.5, 0.6) is 0 Å². The molecule has 0 N–H and O–H groups in total. The van der Waals surface area contributed by atoms with Crippen molar-refractivity contribution in [1.29, 1.82) is 0 Å². The lowest BCUT2D eigenvalue weighted by atomic mass is 9.73. The Morgan fingerprint density at radius 2 is 2.03 bits per heavy atom. The van der Waals surface area contributed by atoms with Gasteiger partial charge in [0.15, 0.2) is 5.82 Å². The molecule has 0 radical (unpaired) electrons. The third-order valence-corrected chi connectivity index (χ3v) is 6.73. The molecule has 0 spiro atoms. The minimum absolute atomic E-state index is 0.0333. The van der Waals surface area contributed by atoms with Crippen molar-refractivity contribution in [2.24, 2.45) is 13.0 Å². The molecular weight excluding hydrogens is 364 g/mol. The van der Waals surface area contributed by atoms with Crippen LogP contribution in [0.15, 0.2) is 35.2 Å². The Bertz CT molecular complexity index is 966. The molecule has 5 rings (SSSR count). The second-order valence-electron chi connectivity index (χ2n) is 8.75. The van der Waals surface area contributed by atoms with Crippen LogP contribution in [0.25, 0.3) is 11.5 Å². The minimum atomic E-state index is 0.0333. The lowest BCUT2D eigenvalue weighted by molar-refractivity contribution is 0.133. The van der Waals surface area contributed by atoms with E-state index in [9.17, 15) is 0 Å². The minimum Gasteiger partial charge on any atom is -0.334 e. The summed E-state index contributed by atoms with van der Waals surface area (Å²) < 4.78 is 7.60. The number of piperidine rings is 1. The quantitative estimate of drug-likeness (QED) is 0.639. The number of rotatable bonds is 6. The summed E-state index contributed by atoms with van der Waals surface area (Å²) in [6, 6.07) is 3.87. The predicted molar refractivity (Wildman–Crippen MR) is 109 cm³/mol. The molecule has 1 aliphatic heterocycles. The van der Waals surface area contributed by atoms with Crippen molar-refractivity contribution >= 4 is 0 Å². The number of hydrogen-bond donors (Lipinski definition) is 0. The van der Waals surface area contributed by atoms with E-state index in [1.54, 1.807) is 12.4 Å². The zero-order chi connectivity index (χ0) is 19.8. The highest BCUT2D eigenvalue weighted by Gasteiger charge is 2.44. The van der Waals surface area contributed by atoms with E-state index in [1.807, 2.05) is 30.1 Å². The maximum atomic E-state index is 5.65. The normalized spacial score (nSPS) is 19.5. The Hall–Kier alpha value is -2.54. The van der Waals surface area contributed by atoms with Gasteiger partial charge in [-0.05, 0) is 57.3 Å². The maximum absolute atomic E-state index is 5.65. The van der Waals surface area contributed by atoms with Crippen LogP contribution in [0.4, 0.5) is 0 Å². The van der Waals surface area contributed by atoms with Crippen molar-refractivity contribution in [3.8, 4) is 11.5 Å². The van der Waals surface area contributed by atoms with E-state index < -0.39 is 0 Å². The smallest absolute Gasteiger partial charge is 0.259 e. The average molecular weight is 393 g/mol. The van der Waals surface area contributed by atoms with Gasteiger partial charge in [-0.2, -0.15) is 10.1 Å². The van der Waals surface area contributed by atoms with E-state index in [-0.39, 0.29) is 5.41 Å². The van der Waals surface area contributed by atoms with Gasteiger partial charge in [0.25, 0.3) is 5.89 Å². The van der Waals surface area contributed by atoms with Crippen molar-refractivity contribution in [2.45, 2.75) is 51.0 Å². The Labute approximate surface area is 171 Å². The summed E-state index contributed by atoms with van der Waals surface area (Å²) in [4.78, 5) is 11.5. The predicted octanol–water partition coefficient (Wildman–Crippen LogP) is 3.51. The standard InChI is InChI=1S/C22H28N6O/c1-16-19(14-24-27(16)2)15-28-10-7-22(8-11-28,12-17-5-6-17)21-25-20(29-26-21)18-4-3-9-23-13-18/h3-4,9,13-14,17H,5-8,10-12,15H2,1-2H3. The second kappa shape index (κ2) is 7.37. The van der Waals surface area contributed by atoms with Gasteiger partial charge in [0.1, 0.15) is 0 Å². The topological polar surface area (TPSA) is 72.9 Å². The van der Waals surface area contributed by atoms with Gasteiger partial charge in [0, 0.05) is 42.7 Å². The molecular formula is C22H28N6O. The van der Waals surface area contributed by atoms with Crippen LogP contribution in [0.3, 0.4) is 0 Å². The first kappa shape index (κ1) is 18.5. The number of aromatic nitrogens is 5. The zero-order valence-corrected chi connectivity index (χ0v) is 17.2. The molecule has 7 heteroatoms. The highest BCUT2D eigenvalue weighted by Crippen LogP contribution is 2.47. The van der Waals surface area contributed by atoms with Gasteiger partial charge in [-0.3, -0.25) is 14.6 Å². The summed E-state index contributed by atoms with van der Waals surface area (Å²) in [6.07, 6.45) is 11.6. The molecule has 152 valence electrons. The summed E-state index contributed by atoms with van der Waals surface area (Å²) >= 11 is 0. The lowest BCUT2D eigenvalue weighted by Crippen LogP contribution is -2.43. The van der Waals surface area contributed by atoms with Crippen molar-refractivity contribution in [3.05, 3.63) is 47.8 Å². The summed E-state index contributed by atoms with van der Waals surface area (Å²) in [5.41, 5.74) is 3.49. The second-order valence-corrected chi connectivity index (χ2v) is 8.75. The van der Waals surface area contributed by atoms with Crippen molar-refractivity contribution in [2.75, 3.05) is 13.1 Å². The number of likely N-dealkylation sites (tertiary alicyclic amines) is 1. The van der Waals surface area contributed by atoms with Crippen LogP contribution in [0.2, 0.25) is 0 Å². The van der Waals surface area contributed by atoms with E-state index in [4.69, 9.17) is 9.51 Å². The van der Waals surface area contributed by atoms with Gasteiger partial charge in [-0.25, -0.2) is 0 Å². The van der Waals surface area contributed by atoms with Crippen LogP contribution in [0.1, 0.15) is 49.2 Å². The van der Waals surface area contributed by atoms with Crippen LogP contribution >= 0.6 is 0 Å². The van der Waals surface area contributed by atoms with Gasteiger partial charge < -0.3 is 4.52 Å². The van der Waals surface area contributed by atoms with Crippen molar-refractivity contribution in [1.82, 2.24) is 29.8 Å². The molecule has 3 aromatic rings. The fraction of sp³-hybridized carbons (Fsp3) is 0.545. The van der Waals surface area contributed by atoms with Gasteiger partial charge in [0.05, 0.1) is 11.8 Å². The first-order valence-corrected chi connectivity index (χ1v) is 10.6. The average Bonchev–Trinajstić information content (AvgIpc) is 3.31. The number of nitrogens with zero attached hydrogens (tertiary/aromatic N) is 6. The SMILES string of the molecule is Cc1c(CN2CCC(CC3CC3)(c3noc(-c4cccnc4)n3)CC2)cnn1C. The maximum Gasteiger partial charge on any atom is 0.259 e. The fourth-order valence-corrected chi connectivity index (χ4v) is 4.52. The largest absolute Gasteiger partial charge is 0.334 e. The molecule has 1 saturated heterocycles. The first-order chi connectivity index (χ1) is 14.1. The van der Waals surface area contributed by atoms with Gasteiger partial charge in [-0.1, -0.05) is 18.0 Å². The molecule has 3 aromatic heterocycles. The van der Waals surface area contributed by atoms with E-state index in [2.05, 4.69) is 27.1 Å². The van der Waals surface area contributed by atoms with Crippen LogP contribution in [0, 0.1) is 12.8 Å². The van der Waals surface area contributed by atoms with Crippen molar-refractivity contribution < 1.29 is 4.52 Å².